The first-order valence-electron chi connectivity index (χ1n) is 11.7. The van der Waals surface area contributed by atoms with Crippen molar-refractivity contribution >= 4 is 45.6 Å². The van der Waals surface area contributed by atoms with Crippen molar-refractivity contribution in [3.8, 4) is 6.07 Å². The Morgan fingerprint density at radius 3 is 2.66 bits per heavy atom. The maximum absolute atomic E-state index is 12.9. The second-order valence-electron chi connectivity index (χ2n) is 8.70. The lowest BCUT2D eigenvalue weighted by Crippen LogP contribution is -2.37. The van der Waals surface area contributed by atoms with Crippen molar-refractivity contribution in [3.05, 3.63) is 49.5 Å². The number of methoxy groups -OCH3 is 1. The fourth-order valence-electron chi connectivity index (χ4n) is 3.91. The number of nitriles is 1. The lowest BCUT2D eigenvalue weighted by atomic mass is 10.1. The maximum Gasteiger partial charge on any atom is 0.405 e. The van der Waals surface area contributed by atoms with Crippen LogP contribution in [0.1, 0.15) is 12.5 Å². The number of anilines is 1. The summed E-state index contributed by atoms with van der Waals surface area (Å²) in [5.74, 6) is -1.19. The number of fused-ring (bicyclic) bond motifs is 1. The number of hydrogen-bond donors (Lipinski definition) is 2. The smallest absolute Gasteiger partial charge is 0.383 e. The van der Waals surface area contributed by atoms with Gasteiger partial charge in [-0.15, -0.1) is 11.3 Å². The van der Waals surface area contributed by atoms with Crippen LogP contribution in [0.15, 0.2) is 29.2 Å². The number of halogens is 3. The quantitative estimate of drug-likeness (QED) is 0.399. The van der Waals surface area contributed by atoms with E-state index in [9.17, 15) is 28.0 Å². The number of carbonyl (C=O) groups is 1. The Bertz CT molecular complexity index is 1530. The normalized spacial score (nSPS) is 13.2. The second kappa shape index (κ2) is 12.3. The van der Waals surface area contributed by atoms with Gasteiger partial charge in [-0.1, -0.05) is 6.07 Å². The van der Waals surface area contributed by atoms with E-state index in [1.54, 1.807) is 25.4 Å². The van der Waals surface area contributed by atoms with Gasteiger partial charge < -0.3 is 24.8 Å². The van der Waals surface area contributed by atoms with Crippen molar-refractivity contribution in [2.24, 2.45) is 0 Å². The van der Waals surface area contributed by atoms with Crippen molar-refractivity contribution < 1.29 is 22.7 Å². The molecular weight excluding hydrogens is 521 g/mol. The number of carbonyl (C=O) groups excluding carboxylic acids is 1. The molecule has 1 aromatic carbocycles. The Hall–Kier alpha value is -3.60. The number of nitrogens with zero attached hydrogens (tertiary/aromatic N) is 4. The summed E-state index contributed by atoms with van der Waals surface area (Å²) in [6.07, 6.45) is -1.07. The van der Waals surface area contributed by atoms with E-state index in [2.05, 4.69) is 21.0 Å². The summed E-state index contributed by atoms with van der Waals surface area (Å²) in [6.45, 7) is 2.15. The standard InChI is InChI=1S/C25H29F3N6O3S/c1-5-34-23(36)21(38-24(34)19(11-29)22(35)31-15-25(26,27)28)12-30-17-6-7-18-16(13-32(2)3)14-33(8-9-37-4)20(18)10-17/h6-7,10,12,14,30H,5,8-9,13,15H2,1-4H3,(H,31,35)/b21-12+,24-19+. The highest BCUT2D eigenvalue weighted by Crippen LogP contribution is 2.26. The number of benzene rings is 1. The molecule has 0 atom stereocenters. The van der Waals surface area contributed by atoms with E-state index in [0.29, 0.717) is 18.8 Å². The zero-order valence-corrected chi connectivity index (χ0v) is 22.3. The number of aromatic nitrogens is 2. The van der Waals surface area contributed by atoms with Crippen LogP contribution >= 0.6 is 11.3 Å². The van der Waals surface area contributed by atoms with Gasteiger partial charge in [0.25, 0.3) is 11.5 Å². The summed E-state index contributed by atoms with van der Waals surface area (Å²) in [4.78, 5) is 27.3. The van der Waals surface area contributed by atoms with Gasteiger partial charge in [-0.05, 0) is 38.7 Å². The molecule has 0 fully saturated rings. The van der Waals surface area contributed by atoms with Gasteiger partial charge in [0.15, 0.2) is 5.57 Å². The number of amides is 1. The van der Waals surface area contributed by atoms with Crippen LogP contribution in [0.5, 0.6) is 0 Å². The first-order chi connectivity index (χ1) is 18.0. The summed E-state index contributed by atoms with van der Waals surface area (Å²) < 4.78 is 46.3. The van der Waals surface area contributed by atoms with Crippen molar-refractivity contribution in [3.63, 3.8) is 0 Å². The van der Waals surface area contributed by atoms with Crippen LogP contribution in [-0.2, 0) is 29.2 Å². The van der Waals surface area contributed by atoms with Crippen LogP contribution in [0.4, 0.5) is 18.9 Å². The molecule has 0 saturated carbocycles. The maximum atomic E-state index is 12.9. The molecule has 2 aromatic heterocycles. The van der Waals surface area contributed by atoms with Crippen LogP contribution in [0.25, 0.3) is 22.7 Å². The average molecular weight is 551 g/mol. The lowest BCUT2D eigenvalue weighted by Gasteiger charge is -2.08. The summed E-state index contributed by atoms with van der Waals surface area (Å²) in [5.41, 5.74) is 1.83. The molecule has 9 nitrogen and oxygen atoms in total. The number of alkyl halides is 3. The third-order valence-corrected chi connectivity index (χ3v) is 6.71. The zero-order valence-electron chi connectivity index (χ0n) is 21.5. The van der Waals surface area contributed by atoms with Gasteiger partial charge in [-0.2, -0.15) is 18.4 Å². The average Bonchev–Trinajstić information content (AvgIpc) is 3.35. The van der Waals surface area contributed by atoms with Crippen LogP contribution < -0.4 is 25.4 Å². The molecule has 0 saturated heterocycles. The third kappa shape index (κ3) is 6.83. The molecular formula is C25H29F3N6O3S. The first-order valence-corrected chi connectivity index (χ1v) is 12.5. The summed E-state index contributed by atoms with van der Waals surface area (Å²) >= 11 is 0.857. The summed E-state index contributed by atoms with van der Waals surface area (Å²) in [5, 5.41) is 15.3. The van der Waals surface area contributed by atoms with E-state index in [4.69, 9.17) is 4.74 Å². The molecule has 1 amide bonds. The van der Waals surface area contributed by atoms with Gasteiger partial charge in [0.1, 0.15) is 21.8 Å². The van der Waals surface area contributed by atoms with E-state index in [1.807, 2.05) is 32.3 Å². The molecule has 0 aliphatic heterocycles. The molecule has 0 aliphatic rings. The molecule has 0 unspecified atom stereocenters. The predicted molar refractivity (Wildman–Crippen MR) is 141 cm³/mol. The van der Waals surface area contributed by atoms with Crippen LogP contribution in [0.3, 0.4) is 0 Å². The van der Waals surface area contributed by atoms with Gasteiger partial charge >= 0.3 is 6.18 Å². The van der Waals surface area contributed by atoms with Crippen molar-refractivity contribution in [1.29, 1.82) is 5.26 Å². The Labute approximate surface area is 221 Å². The van der Waals surface area contributed by atoms with E-state index in [0.717, 1.165) is 34.3 Å². The van der Waals surface area contributed by atoms with Crippen LogP contribution in [0.2, 0.25) is 0 Å². The molecule has 204 valence electrons. The van der Waals surface area contributed by atoms with Gasteiger partial charge in [0, 0.05) is 50.2 Å². The van der Waals surface area contributed by atoms with Gasteiger partial charge in [-0.3, -0.25) is 14.2 Å². The zero-order chi connectivity index (χ0) is 28.0. The Kier molecular flexibility index (Phi) is 9.37. The van der Waals surface area contributed by atoms with Crippen molar-refractivity contribution in [2.75, 3.05) is 39.7 Å². The van der Waals surface area contributed by atoms with Crippen molar-refractivity contribution in [2.45, 2.75) is 32.7 Å². The van der Waals surface area contributed by atoms with Gasteiger partial charge in [-0.25, -0.2) is 0 Å². The highest BCUT2D eigenvalue weighted by atomic mass is 32.1. The molecule has 0 spiro atoms. The Morgan fingerprint density at radius 2 is 2.05 bits per heavy atom. The predicted octanol–water partition coefficient (Wildman–Crippen LogP) is 1.80. The largest absolute Gasteiger partial charge is 0.405 e. The number of nitrogens with one attached hydrogen (secondary N) is 2. The van der Waals surface area contributed by atoms with Gasteiger partial charge in [0.2, 0.25) is 0 Å². The fraction of sp³-hybridized carbons (Fsp3) is 0.400. The minimum Gasteiger partial charge on any atom is -0.383 e. The topological polar surface area (TPSA) is 104 Å². The van der Waals surface area contributed by atoms with E-state index in [1.165, 1.54) is 10.8 Å². The fourth-order valence-corrected chi connectivity index (χ4v) is 4.99. The summed E-state index contributed by atoms with van der Waals surface area (Å²) in [7, 11) is 5.63. The minimum absolute atomic E-state index is 0.00931. The number of ether oxygens (including phenoxy) is 1. The molecule has 3 aromatic rings. The van der Waals surface area contributed by atoms with Crippen LogP contribution in [0, 0.1) is 11.3 Å². The third-order valence-electron chi connectivity index (χ3n) is 5.58. The molecule has 13 heteroatoms. The number of thiazole rings is 1. The highest BCUT2D eigenvalue weighted by Gasteiger charge is 2.29. The van der Waals surface area contributed by atoms with Gasteiger partial charge in [0.05, 0.1) is 12.1 Å². The van der Waals surface area contributed by atoms with E-state index < -0.39 is 29.8 Å². The number of hydrogen-bond acceptors (Lipinski definition) is 7. The molecule has 0 radical (unpaired) electrons. The second-order valence-corrected chi connectivity index (χ2v) is 9.74. The number of rotatable bonds is 10. The molecule has 38 heavy (non-hydrogen) atoms. The molecule has 0 bridgehead atoms. The van der Waals surface area contributed by atoms with E-state index >= 15 is 0 Å². The molecule has 2 heterocycles. The first kappa shape index (κ1) is 29.0. The van der Waals surface area contributed by atoms with E-state index in [-0.39, 0.29) is 15.7 Å². The molecule has 2 N–H and O–H groups in total. The minimum atomic E-state index is -4.63. The SMILES string of the molecule is CCn1c(=O)/c(=C\Nc2ccc3c(CN(C)C)cn(CCOC)c3c2)s/c1=C(\C#N)C(=O)NCC(F)(F)F. The van der Waals surface area contributed by atoms with Crippen LogP contribution in [-0.4, -0.2) is 60.5 Å². The highest BCUT2D eigenvalue weighted by molar-refractivity contribution is 7.07. The Morgan fingerprint density at radius 1 is 1.32 bits per heavy atom. The molecule has 0 aliphatic carbocycles. The molecule has 3 rings (SSSR count). The lowest BCUT2D eigenvalue weighted by molar-refractivity contribution is -0.135. The Balaban J connectivity index is 2.01. The summed E-state index contributed by atoms with van der Waals surface area (Å²) in [6, 6.07) is 7.46. The van der Waals surface area contributed by atoms with Crippen molar-refractivity contribution in [1.82, 2.24) is 19.4 Å². The monoisotopic (exact) mass is 550 g/mol.